The molecule has 21 heavy (non-hydrogen) atoms. The van der Waals surface area contributed by atoms with E-state index in [4.69, 9.17) is 0 Å². The first-order chi connectivity index (χ1) is 9.77. The van der Waals surface area contributed by atoms with Gasteiger partial charge in [0.2, 0.25) is 0 Å². The van der Waals surface area contributed by atoms with Gasteiger partial charge in [0.05, 0.1) is 0 Å². The van der Waals surface area contributed by atoms with E-state index in [1.807, 2.05) is 12.1 Å². The van der Waals surface area contributed by atoms with E-state index >= 15 is 0 Å². The predicted molar refractivity (Wildman–Crippen MR) is 81.4 cm³/mol. The van der Waals surface area contributed by atoms with E-state index in [0.717, 1.165) is 18.4 Å². The van der Waals surface area contributed by atoms with Crippen LogP contribution in [0.4, 0.5) is 0 Å². The Kier molecular flexibility index (Phi) is 4.35. The van der Waals surface area contributed by atoms with Crippen LogP contribution in [0.15, 0.2) is 24.3 Å². The molecule has 1 aromatic rings. The number of hydrogen-bond donors (Lipinski definition) is 2. The Morgan fingerprint density at radius 3 is 2.24 bits per heavy atom. The standard InChI is InChI=1S/C17H23NO3/c1-17(2,3)13-8-6-12(7-9-13)15(19)18-14(16(20)21)10-11-4-5-11/h6-9,11,14H,4-5,10H2,1-3H3,(H,18,19)(H,20,21). The maximum absolute atomic E-state index is 12.1. The number of carboxylic acid groups (broad SMARTS) is 1. The van der Waals surface area contributed by atoms with E-state index in [1.165, 1.54) is 0 Å². The number of carbonyl (C=O) groups excluding carboxylic acids is 1. The summed E-state index contributed by atoms with van der Waals surface area (Å²) in [7, 11) is 0. The van der Waals surface area contributed by atoms with Crippen molar-refractivity contribution in [1.82, 2.24) is 5.32 Å². The molecule has 0 spiro atoms. The van der Waals surface area contributed by atoms with Crippen molar-refractivity contribution in [2.24, 2.45) is 5.92 Å². The normalized spacial score (nSPS) is 16.3. The van der Waals surface area contributed by atoms with Crippen LogP contribution in [0.25, 0.3) is 0 Å². The summed E-state index contributed by atoms with van der Waals surface area (Å²) in [5, 5.41) is 11.8. The van der Waals surface area contributed by atoms with Gasteiger partial charge in [0.15, 0.2) is 0 Å². The van der Waals surface area contributed by atoms with Crippen LogP contribution in [-0.2, 0) is 10.2 Å². The summed E-state index contributed by atoms with van der Waals surface area (Å²) in [6.45, 7) is 6.33. The lowest BCUT2D eigenvalue weighted by atomic mass is 9.86. The van der Waals surface area contributed by atoms with Crippen LogP contribution in [-0.4, -0.2) is 23.0 Å². The molecule has 1 atom stereocenters. The average Bonchev–Trinajstić information content (AvgIpc) is 3.21. The second-order valence-corrected chi connectivity index (χ2v) is 6.87. The number of amides is 1. The van der Waals surface area contributed by atoms with Gasteiger partial charge >= 0.3 is 5.97 Å². The molecule has 0 heterocycles. The van der Waals surface area contributed by atoms with Crippen molar-refractivity contribution in [3.05, 3.63) is 35.4 Å². The molecule has 1 aliphatic rings. The largest absolute Gasteiger partial charge is 0.480 e. The molecule has 0 radical (unpaired) electrons. The van der Waals surface area contributed by atoms with Gasteiger partial charge in [-0.1, -0.05) is 45.7 Å². The van der Waals surface area contributed by atoms with Crippen molar-refractivity contribution >= 4 is 11.9 Å². The summed E-state index contributed by atoms with van der Waals surface area (Å²) < 4.78 is 0. The van der Waals surface area contributed by atoms with E-state index in [1.54, 1.807) is 12.1 Å². The zero-order chi connectivity index (χ0) is 15.6. The maximum atomic E-state index is 12.1. The van der Waals surface area contributed by atoms with Crippen molar-refractivity contribution in [2.45, 2.75) is 51.5 Å². The highest BCUT2D eigenvalue weighted by atomic mass is 16.4. The Labute approximate surface area is 125 Å². The topological polar surface area (TPSA) is 66.4 Å². The maximum Gasteiger partial charge on any atom is 0.326 e. The lowest BCUT2D eigenvalue weighted by Crippen LogP contribution is -2.41. The summed E-state index contributed by atoms with van der Waals surface area (Å²) in [6.07, 6.45) is 2.67. The summed E-state index contributed by atoms with van der Waals surface area (Å²) >= 11 is 0. The highest BCUT2D eigenvalue weighted by Gasteiger charge is 2.30. The van der Waals surface area contributed by atoms with E-state index < -0.39 is 12.0 Å². The van der Waals surface area contributed by atoms with E-state index in [9.17, 15) is 14.7 Å². The third-order valence-electron chi connectivity index (χ3n) is 3.88. The lowest BCUT2D eigenvalue weighted by molar-refractivity contribution is -0.139. The van der Waals surface area contributed by atoms with Crippen LogP contribution in [0.2, 0.25) is 0 Å². The zero-order valence-electron chi connectivity index (χ0n) is 12.8. The van der Waals surface area contributed by atoms with Gasteiger partial charge in [0.25, 0.3) is 5.91 Å². The molecule has 0 saturated heterocycles. The first-order valence-electron chi connectivity index (χ1n) is 7.41. The molecule has 1 fully saturated rings. The molecule has 1 aliphatic carbocycles. The Morgan fingerprint density at radius 2 is 1.81 bits per heavy atom. The van der Waals surface area contributed by atoms with E-state index in [-0.39, 0.29) is 11.3 Å². The van der Waals surface area contributed by atoms with Crippen molar-refractivity contribution in [3.63, 3.8) is 0 Å². The summed E-state index contributed by atoms with van der Waals surface area (Å²) in [5.41, 5.74) is 1.68. The molecule has 114 valence electrons. The van der Waals surface area contributed by atoms with E-state index in [0.29, 0.717) is 17.9 Å². The first kappa shape index (κ1) is 15.5. The molecule has 4 heteroatoms. The minimum atomic E-state index is -0.957. The molecule has 1 saturated carbocycles. The van der Waals surface area contributed by atoms with Crippen LogP contribution in [0.3, 0.4) is 0 Å². The first-order valence-corrected chi connectivity index (χ1v) is 7.41. The number of hydrogen-bond acceptors (Lipinski definition) is 2. The lowest BCUT2D eigenvalue weighted by Gasteiger charge is -2.19. The summed E-state index contributed by atoms with van der Waals surface area (Å²) in [4.78, 5) is 23.3. The molecule has 1 unspecified atom stereocenters. The molecule has 1 amide bonds. The van der Waals surface area contributed by atoms with Crippen LogP contribution in [0, 0.1) is 5.92 Å². The van der Waals surface area contributed by atoms with Crippen molar-refractivity contribution in [3.8, 4) is 0 Å². The SMILES string of the molecule is CC(C)(C)c1ccc(C(=O)NC(CC2CC2)C(=O)O)cc1. The van der Waals surface area contributed by atoms with Gasteiger partial charge in [-0.3, -0.25) is 4.79 Å². The Balaban J connectivity index is 2.03. The van der Waals surface area contributed by atoms with Gasteiger partial charge in [0.1, 0.15) is 6.04 Å². The second-order valence-electron chi connectivity index (χ2n) is 6.87. The molecule has 0 bridgehead atoms. The number of carbonyl (C=O) groups is 2. The molecular weight excluding hydrogens is 266 g/mol. The monoisotopic (exact) mass is 289 g/mol. The van der Waals surface area contributed by atoms with Gasteiger partial charge in [-0.05, 0) is 35.4 Å². The fourth-order valence-corrected chi connectivity index (χ4v) is 2.27. The zero-order valence-corrected chi connectivity index (χ0v) is 12.8. The fraction of sp³-hybridized carbons (Fsp3) is 0.529. The summed E-state index contributed by atoms with van der Waals surface area (Å²) in [6, 6.07) is 6.57. The van der Waals surface area contributed by atoms with Gasteiger partial charge < -0.3 is 10.4 Å². The van der Waals surface area contributed by atoms with Crippen LogP contribution < -0.4 is 5.32 Å². The molecule has 2 N–H and O–H groups in total. The van der Waals surface area contributed by atoms with Crippen LogP contribution in [0.1, 0.15) is 56.0 Å². The van der Waals surface area contributed by atoms with Gasteiger partial charge in [-0.15, -0.1) is 0 Å². The highest BCUT2D eigenvalue weighted by molar-refractivity contribution is 5.96. The smallest absolute Gasteiger partial charge is 0.326 e. The average molecular weight is 289 g/mol. The third-order valence-corrected chi connectivity index (χ3v) is 3.88. The molecule has 0 aromatic heterocycles. The van der Waals surface area contributed by atoms with Gasteiger partial charge in [-0.2, -0.15) is 0 Å². The highest BCUT2D eigenvalue weighted by Crippen LogP contribution is 2.33. The van der Waals surface area contributed by atoms with Crippen molar-refractivity contribution in [2.75, 3.05) is 0 Å². The Morgan fingerprint density at radius 1 is 1.24 bits per heavy atom. The van der Waals surface area contributed by atoms with Crippen LogP contribution >= 0.6 is 0 Å². The van der Waals surface area contributed by atoms with Gasteiger partial charge in [-0.25, -0.2) is 4.79 Å². The molecular formula is C17H23NO3. The fourth-order valence-electron chi connectivity index (χ4n) is 2.27. The van der Waals surface area contributed by atoms with Crippen molar-refractivity contribution < 1.29 is 14.7 Å². The number of benzene rings is 1. The third kappa shape index (κ3) is 4.31. The molecule has 2 rings (SSSR count). The quantitative estimate of drug-likeness (QED) is 0.875. The molecule has 0 aliphatic heterocycles. The minimum absolute atomic E-state index is 0.0323. The second kappa shape index (κ2) is 5.88. The Bertz CT molecular complexity index is 524. The Hall–Kier alpha value is -1.84. The number of aliphatic carboxylic acids is 1. The summed E-state index contributed by atoms with van der Waals surface area (Å²) in [5.74, 6) is -0.820. The number of nitrogens with one attached hydrogen (secondary N) is 1. The van der Waals surface area contributed by atoms with E-state index in [2.05, 4.69) is 26.1 Å². The predicted octanol–water partition coefficient (Wildman–Crippen LogP) is 2.97. The number of rotatable bonds is 5. The van der Waals surface area contributed by atoms with Crippen molar-refractivity contribution in [1.29, 1.82) is 0 Å². The molecule has 4 nitrogen and oxygen atoms in total. The van der Waals surface area contributed by atoms with Gasteiger partial charge in [0, 0.05) is 5.56 Å². The number of carboxylic acids is 1. The minimum Gasteiger partial charge on any atom is -0.480 e. The van der Waals surface area contributed by atoms with Crippen LogP contribution in [0.5, 0.6) is 0 Å². The molecule has 1 aromatic carbocycles.